The van der Waals surface area contributed by atoms with Gasteiger partial charge in [0.15, 0.2) is 0 Å². The van der Waals surface area contributed by atoms with Crippen molar-refractivity contribution in [1.29, 1.82) is 0 Å². The van der Waals surface area contributed by atoms with E-state index < -0.39 is 0 Å². The number of urea groups is 1. The molecule has 0 aromatic heterocycles. The van der Waals surface area contributed by atoms with Crippen molar-refractivity contribution in [3.05, 3.63) is 48.5 Å². The summed E-state index contributed by atoms with van der Waals surface area (Å²) >= 11 is 0. The minimum absolute atomic E-state index is 0.109. The quantitative estimate of drug-likeness (QED) is 0.727. The average Bonchev–Trinajstić information content (AvgIpc) is 2.58. The number of carbonyl (C=O) groups is 1. The molecule has 0 saturated heterocycles. The number of ether oxygens (including phenoxy) is 2. The Morgan fingerprint density at radius 3 is 2.12 bits per heavy atom. The van der Waals surface area contributed by atoms with Gasteiger partial charge in [-0.25, -0.2) is 4.79 Å². The fraction of sp³-hybridized carbons (Fsp3) is 0.278. The van der Waals surface area contributed by atoms with Gasteiger partial charge in [0.2, 0.25) is 0 Å². The second kappa shape index (κ2) is 8.79. The highest BCUT2D eigenvalue weighted by Crippen LogP contribution is 2.25. The summed E-state index contributed by atoms with van der Waals surface area (Å²) < 4.78 is 11.1. The molecular weight excluding hydrogens is 308 g/mol. The lowest BCUT2D eigenvalue weighted by Crippen LogP contribution is -2.38. The van der Waals surface area contributed by atoms with Crippen LogP contribution in [0.2, 0.25) is 0 Å². The molecule has 1 atom stereocenters. The smallest absolute Gasteiger partial charge is 0.319 e. The van der Waals surface area contributed by atoms with Crippen LogP contribution in [0.5, 0.6) is 17.2 Å². The lowest BCUT2D eigenvalue weighted by atomic mass is 10.3. The van der Waals surface area contributed by atoms with Crippen molar-refractivity contribution in [1.82, 2.24) is 5.32 Å². The normalized spacial score (nSPS) is 11.5. The number of nitrogens with one attached hydrogen (secondary N) is 2. The van der Waals surface area contributed by atoms with Crippen molar-refractivity contribution >= 4 is 11.7 Å². The summed E-state index contributed by atoms with van der Waals surface area (Å²) in [4.78, 5) is 11.7. The average molecular weight is 330 g/mol. The molecule has 0 spiro atoms. The van der Waals surface area contributed by atoms with E-state index in [4.69, 9.17) is 14.6 Å². The van der Waals surface area contributed by atoms with Crippen LogP contribution in [-0.2, 0) is 0 Å². The van der Waals surface area contributed by atoms with Gasteiger partial charge < -0.3 is 25.2 Å². The Balaban J connectivity index is 1.90. The van der Waals surface area contributed by atoms with Gasteiger partial charge in [0.1, 0.15) is 17.2 Å². The van der Waals surface area contributed by atoms with E-state index in [1.54, 1.807) is 31.2 Å². The van der Waals surface area contributed by atoms with Crippen LogP contribution < -0.4 is 20.1 Å². The minimum Gasteiger partial charge on any atom is -0.494 e. The van der Waals surface area contributed by atoms with Crippen molar-refractivity contribution in [3.8, 4) is 17.2 Å². The van der Waals surface area contributed by atoms with Crippen molar-refractivity contribution < 1.29 is 19.4 Å². The van der Waals surface area contributed by atoms with E-state index >= 15 is 0 Å². The Labute approximate surface area is 141 Å². The van der Waals surface area contributed by atoms with Gasteiger partial charge in [0.05, 0.1) is 19.3 Å². The summed E-state index contributed by atoms with van der Waals surface area (Å²) in [5.41, 5.74) is 0.636. The highest BCUT2D eigenvalue weighted by Gasteiger charge is 2.06. The van der Waals surface area contributed by atoms with Crippen molar-refractivity contribution in [2.75, 3.05) is 18.5 Å². The number of aliphatic hydroxyl groups is 1. The molecule has 2 aromatic carbocycles. The van der Waals surface area contributed by atoms with E-state index in [0.29, 0.717) is 23.8 Å². The summed E-state index contributed by atoms with van der Waals surface area (Å²) in [5.74, 6) is 2.16. The van der Waals surface area contributed by atoms with E-state index in [1.165, 1.54) is 0 Å². The van der Waals surface area contributed by atoms with Crippen LogP contribution in [0.3, 0.4) is 0 Å². The number of hydrogen-bond donors (Lipinski definition) is 3. The summed E-state index contributed by atoms with van der Waals surface area (Å²) in [6.45, 7) is 4.17. The second-order valence-electron chi connectivity index (χ2n) is 5.21. The first-order valence-electron chi connectivity index (χ1n) is 7.80. The molecule has 6 heteroatoms. The predicted molar refractivity (Wildman–Crippen MR) is 92.8 cm³/mol. The number of amides is 2. The molecule has 0 saturated carbocycles. The zero-order valence-electron chi connectivity index (χ0n) is 13.8. The van der Waals surface area contributed by atoms with Gasteiger partial charge >= 0.3 is 6.03 Å². The number of aliphatic hydroxyl groups excluding tert-OH is 1. The molecule has 0 fully saturated rings. The Bertz CT molecular complexity index is 641. The molecule has 0 aliphatic rings. The molecule has 3 N–H and O–H groups in total. The molecule has 0 aliphatic heterocycles. The van der Waals surface area contributed by atoms with Gasteiger partial charge in [-0.05, 0) is 62.4 Å². The third-order valence-corrected chi connectivity index (χ3v) is 3.13. The van der Waals surface area contributed by atoms with E-state index in [0.717, 1.165) is 5.75 Å². The maximum atomic E-state index is 11.7. The highest BCUT2D eigenvalue weighted by atomic mass is 16.5. The van der Waals surface area contributed by atoms with Crippen LogP contribution >= 0.6 is 0 Å². The van der Waals surface area contributed by atoms with E-state index in [1.807, 2.05) is 31.2 Å². The van der Waals surface area contributed by atoms with Crippen LogP contribution in [0.15, 0.2) is 48.5 Å². The summed E-state index contributed by atoms with van der Waals surface area (Å²) in [7, 11) is 0. The van der Waals surface area contributed by atoms with Gasteiger partial charge in [-0.2, -0.15) is 0 Å². The van der Waals surface area contributed by atoms with Crippen molar-refractivity contribution in [3.63, 3.8) is 0 Å². The standard InChI is InChI=1S/C18H22N2O4/c1-3-23-15-8-10-17(11-9-15)24-16-6-4-14(5-7-16)20-18(22)19-13(2)12-21/h4-11,13,21H,3,12H2,1-2H3,(H2,19,20,22). The molecule has 128 valence electrons. The summed E-state index contributed by atoms with van der Waals surface area (Å²) in [6.07, 6.45) is 0. The Kier molecular flexibility index (Phi) is 6.45. The number of carbonyl (C=O) groups excluding carboxylic acids is 1. The Morgan fingerprint density at radius 2 is 1.58 bits per heavy atom. The van der Waals surface area contributed by atoms with Gasteiger partial charge in [0, 0.05) is 5.69 Å². The first-order valence-corrected chi connectivity index (χ1v) is 7.80. The monoisotopic (exact) mass is 330 g/mol. The van der Waals surface area contributed by atoms with Crippen LogP contribution in [-0.4, -0.2) is 30.4 Å². The molecule has 2 amide bonds. The topological polar surface area (TPSA) is 79.8 Å². The van der Waals surface area contributed by atoms with Crippen molar-refractivity contribution in [2.24, 2.45) is 0 Å². The van der Waals surface area contributed by atoms with E-state index in [2.05, 4.69) is 10.6 Å². The zero-order valence-corrected chi connectivity index (χ0v) is 13.8. The van der Waals surface area contributed by atoms with Gasteiger partial charge in [-0.1, -0.05) is 0 Å². The Morgan fingerprint density at radius 1 is 1.04 bits per heavy atom. The Hall–Kier alpha value is -2.73. The molecule has 6 nitrogen and oxygen atoms in total. The van der Waals surface area contributed by atoms with Gasteiger partial charge in [0.25, 0.3) is 0 Å². The number of anilines is 1. The SMILES string of the molecule is CCOc1ccc(Oc2ccc(NC(=O)NC(C)CO)cc2)cc1. The van der Waals surface area contributed by atoms with Crippen LogP contribution in [0, 0.1) is 0 Å². The minimum atomic E-state index is -0.364. The fourth-order valence-corrected chi connectivity index (χ4v) is 1.95. The van der Waals surface area contributed by atoms with Gasteiger partial charge in [-0.15, -0.1) is 0 Å². The van der Waals surface area contributed by atoms with Crippen LogP contribution in [0.25, 0.3) is 0 Å². The van der Waals surface area contributed by atoms with E-state index in [-0.39, 0.29) is 18.7 Å². The molecule has 0 radical (unpaired) electrons. The largest absolute Gasteiger partial charge is 0.494 e. The lowest BCUT2D eigenvalue weighted by molar-refractivity contribution is 0.229. The van der Waals surface area contributed by atoms with Crippen LogP contribution in [0.1, 0.15) is 13.8 Å². The molecule has 0 bridgehead atoms. The second-order valence-corrected chi connectivity index (χ2v) is 5.21. The molecule has 24 heavy (non-hydrogen) atoms. The first kappa shape index (κ1) is 17.6. The summed E-state index contributed by atoms with van der Waals surface area (Å²) in [5, 5.41) is 14.2. The summed E-state index contributed by atoms with van der Waals surface area (Å²) in [6, 6.07) is 13.7. The highest BCUT2D eigenvalue weighted by molar-refractivity contribution is 5.89. The maximum Gasteiger partial charge on any atom is 0.319 e. The third-order valence-electron chi connectivity index (χ3n) is 3.13. The van der Waals surface area contributed by atoms with Gasteiger partial charge in [-0.3, -0.25) is 0 Å². The number of rotatable bonds is 7. The fourth-order valence-electron chi connectivity index (χ4n) is 1.95. The predicted octanol–water partition coefficient (Wildman–Crippen LogP) is 3.38. The molecule has 1 unspecified atom stereocenters. The molecule has 2 aromatic rings. The van der Waals surface area contributed by atoms with E-state index in [9.17, 15) is 4.79 Å². The first-order chi connectivity index (χ1) is 11.6. The molecule has 0 aliphatic carbocycles. The maximum absolute atomic E-state index is 11.7. The molecular formula is C18H22N2O4. The van der Waals surface area contributed by atoms with Crippen LogP contribution in [0.4, 0.5) is 10.5 Å². The lowest BCUT2D eigenvalue weighted by Gasteiger charge is -2.12. The van der Waals surface area contributed by atoms with Crippen molar-refractivity contribution in [2.45, 2.75) is 19.9 Å². The molecule has 0 heterocycles. The number of benzene rings is 2. The third kappa shape index (κ3) is 5.48. The zero-order chi connectivity index (χ0) is 17.4. The number of hydrogen-bond acceptors (Lipinski definition) is 4. The molecule has 2 rings (SSSR count).